The van der Waals surface area contributed by atoms with E-state index in [9.17, 15) is 0 Å². The van der Waals surface area contributed by atoms with Crippen LogP contribution in [0.4, 0.5) is 0 Å². The van der Waals surface area contributed by atoms with Crippen LogP contribution >= 0.6 is 0 Å². The average Bonchev–Trinajstić information content (AvgIpc) is 2.25. The maximum Gasteiger partial charge on any atom is 0.166 e. The Balaban J connectivity index is 3.56. The van der Waals surface area contributed by atoms with E-state index in [0.29, 0.717) is 5.92 Å². The van der Waals surface area contributed by atoms with Gasteiger partial charge in [0.05, 0.1) is 14.2 Å². The molecule has 0 aliphatic heterocycles. The van der Waals surface area contributed by atoms with Crippen LogP contribution in [0.15, 0.2) is 12.1 Å². The fourth-order valence-corrected chi connectivity index (χ4v) is 2.09. The minimum atomic E-state index is -0.459. The normalized spacial score (nSPS) is 11.8. The molecule has 0 bridgehead atoms. The van der Waals surface area contributed by atoms with Crippen LogP contribution in [0.5, 0.6) is 11.5 Å². The standard InChI is InChI=1S/C14H23NO2/c1-9(2)10-7-8-11(16-5)13(17-6)12(10)14(3,4)15/h7-9H,15H2,1-6H3. The van der Waals surface area contributed by atoms with Gasteiger partial charge in [-0.2, -0.15) is 0 Å². The van der Waals surface area contributed by atoms with Crippen LogP contribution < -0.4 is 15.2 Å². The van der Waals surface area contributed by atoms with Crippen molar-refractivity contribution in [3.05, 3.63) is 23.3 Å². The first-order valence-corrected chi connectivity index (χ1v) is 5.87. The van der Waals surface area contributed by atoms with Crippen LogP contribution in [0.25, 0.3) is 0 Å². The first kappa shape index (κ1) is 13.8. The molecule has 0 radical (unpaired) electrons. The Morgan fingerprint density at radius 3 is 2.06 bits per heavy atom. The van der Waals surface area contributed by atoms with Gasteiger partial charge in [0.2, 0.25) is 0 Å². The monoisotopic (exact) mass is 237 g/mol. The molecule has 0 aromatic heterocycles. The summed E-state index contributed by atoms with van der Waals surface area (Å²) in [6.07, 6.45) is 0. The fraction of sp³-hybridized carbons (Fsp3) is 0.571. The van der Waals surface area contributed by atoms with Gasteiger partial charge in [-0.1, -0.05) is 19.9 Å². The fourth-order valence-electron chi connectivity index (χ4n) is 2.09. The molecule has 0 unspecified atom stereocenters. The lowest BCUT2D eigenvalue weighted by Gasteiger charge is -2.28. The van der Waals surface area contributed by atoms with Crippen LogP contribution in [0.2, 0.25) is 0 Å². The Labute approximate surface area is 104 Å². The highest BCUT2D eigenvalue weighted by molar-refractivity contribution is 5.54. The minimum Gasteiger partial charge on any atom is -0.493 e. The third kappa shape index (κ3) is 2.72. The van der Waals surface area contributed by atoms with Crippen molar-refractivity contribution in [3.63, 3.8) is 0 Å². The van der Waals surface area contributed by atoms with Crippen LogP contribution in [-0.4, -0.2) is 14.2 Å². The summed E-state index contributed by atoms with van der Waals surface area (Å²) >= 11 is 0. The van der Waals surface area contributed by atoms with Gasteiger partial charge in [0.25, 0.3) is 0 Å². The van der Waals surface area contributed by atoms with E-state index in [4.69, 9.17) is 15.2 Å². The lowest BCUT2D eigenvalue weighted by atomic mass is 9.85. The molecule has 17 heavy (non-hydrogen) atoms. The van der Waals surface area contributed by atoms with E-state index in [1.54, 1.807) is 14.2 Å². The molecule has 0 fully saturated rings. The highest BCUT2D eigenvalue weighted by Gasteiger charge is 2.26. The Kier molecular flexibility index (Phi) is 4.04. The average molecular weight is 237 g/mol. The van der Waals surface area contributed by atoms with E-state index in [-0.39, 0.29) is 0 Å². The van der Waals surface area contributed by atoms with Crippen molar-refractivity contribution in [3.8, 4) is 11.5 Å². The molecule has 3 heteroatoms. The largest absolute Gasteiger partial charge is 0.493 e. The van der Waals surface area contributed by atoms with Crippen molar-refractivity contribution in [2.75, 3.05) is 14.2 Å². The molecule has 3 nitrogen and oxygen atoms in total. The van der Waals surface area contributed by atoms with Crippen molar-refractivity contribution in [2.24, 2.45) is 5.73 Å². The summed E-state index contributed by atoms with van der Waals surface area (Å²) in [4.78, 5) is 0. The molecule has 0 atom stereocenters. The van der Waals surface area contributed by atoms with E-state index < -0.39 is 5.54 Å². The zero-order chi connectivity index (χ0) is 13.2. The summed E-state index contributed by atoms with van der Waals surface area (Å²) in [5, 5.41) is 0. The number of hydrogen-bond acceptors (Lipinski definition) is 3. The molecule has 0 heterocycles. The summed E-state index contributed by atoms with van der Waals surface area (Å²) in [7, 11) is 3.29. The van der Waals surface area contributed by atoms with E-state index in [1.165, 1.54) is 5.56 Å². The second kappa shape index (κ2) is 4.96. The Morgan fingerprint density at radius 2 is 1.71 bits per heavy atom. The number of benzene rings is 1. The van der Waals surface area contributed by atoms with Crippen molar-refractivity contribution < 1.29 is 9.47 Å². The molecular weight excluding hydrogens is 214 g/mol. The minimum absolute atomic E-state index is 0.396. The topological polar surface area (TPSA) is 44.5 Å². The lowest BCUT2D eigenvalue weighted by Crippen LogP contribution is -2.31. The second-order valence-corrected chi connectivity index (χ2v) is 5.14. The molecule has 96 valence electrons. The molecule has 0 aliphatic rings. The number of nitrogens with two attached hydrogens (primary N) is 1. The van der Waals surface area contributed by atoms with Crippen molar-refractivity contribution in [1.82, 2.24) is 0 Å². The van der Waals surface area contributed by atoms with Gasteiger partial charge >= 0.3 is 0 Å². The van der Waals surface area contributed by atoms with E-state index in [0.717, 1.165) is 17.1 Å². The summed E-state index contributed by atoms with van der Waals surface area (Å²) in [6, 6.07) is 4.00. The zero-order valence-corrected chi connectivity index (χ0v) is 11.6. The summed E-state index contributed by atoms with van der Waals surface area (Å²) in [5.41, 5.74) is 8.03. The number of rotatable bonds is 4. The highest BCUT2D eigenvalue weighted by atomic mass is 16.5. The van der Waals surface area contributed by atoms with E-state index in [1.807, 2.05) is 19.9 Å². The summed E-state index contributed by atoms with van der Waals surface area (Å²) < 4.78 is 10.8. The van der Waals surface area contributed by atoms with Crippen LogP contribution in [0, 0.1) is 0 Å². The van der Waals surface area contributed by atoms with E-state index in [2.05, 4.69) is 19.9 Å². The van der Waals surface area contributed by atoms with Gasteiger partial charge in [0.15, 0.2) is 11.5 Å². The first-order valence-electron chi connectivity index (χ1n) is 5.87. The quantitative estimate of drug-likeness (QED) is 0.875. The molecule has 0 saturated carbocycles. The molecule has 1 aromatic rings. The third-order valence-electron chi connectivity index (χ3n) is 2.84. The van der Waals surface area contributed by atoms with Crippen molar-refractivity contribution in [2.45, 2.75) is 39.2 Å². The number of methoxy groups -OCH3 is 2. The first-order chi connectivity index (χ1) is 7.82. The predicted molar refractivity (Wildman–Crippen MR) is 70.8 cm³/mol. The van der Waals surface area contributed by atoms with Gasteiger partial charge in [0, 0.05) is 11.1 Å². The van der Waals surface area contributed by atoms with Gasteiger partial charge in [-0.05, 0) is 31.4 Å². The van der Waals surface area contributed by atoms with Crippen LogP contribution in [0.1, 0.15) is 44.7 Å². The Hall–Kier alpha value is -1.22. The van der Waals surface area contributed by atoms with Gasteiger partial charge in [0.1, 0.15) is 0 Å². The SMILES string of the molecule is COc1ccc(C(C)C)c(C(C)(C)N)c1OC. The Bertz CT molecular complexity index is 392. The number of ether oxygens (including phenoxy) is 2. The maximum absolute atomic E-state index is 6.26. The highest BCUT2D eigenvalue weighted by Crippen LogP contribution is 2.41. The van der Waals surface area contributed by atoms with Gasteiger partial charge in [-0.25, -0.2) is 0 Å². The molecule has 1 aromatic carbocycles. The molecule has 0 saturated heterocycles. The maximum atomic E-state index is 6.26. The van der Waals surface area contributed by atoms with Crippen molar-refractivity contribution in [1.29, 1.82) is 0 Å². The van der Waals surface area contributed by atoms with Gasteiger partial charge in [-0.3, -0.25) is 0 Å². The summed E-state index contributed by atoms with van der Waals surface area (Å²) in [5.74, 6) is 1.87. The molecule has 2 N–H and O–H groups in total. The number of hydrogen-bond donors (Lipinski definition) is 1. The Morgan fingerprint density at radius 1 is 1.12 bits per heavy atom. The zero-order valence-electron chi connectivity index (χ0n) is 11.6. The van der Waals surface area contributed by atoms with Crippen LogP contribution in [0.3, 0.4) is 0 Å². The van der Waals surface area contributed by atoms with Crippen LogP contribution in [-0.2, 0) is 5.54 Å². The lowest BCUT2D eigenvalue weighted by molar-refractivity contribution is 0.342. The summed E-state index contributed by atoms with van der Waals surface area (Å²) in [6.45, 7) is 8.26. The van der Waals surface area contributed by atoms with Gasteiger partial charge in [-0.15, -0.1) is 0 Å². The van der Waals surface area contributed by atoms with Crippen molar-refractivity contribution >= 4 is 0 Å². The molecule has 1 rings (SSSR count). The molecule has 0 amide bonds. The third-order valence-corrected chi connectivity index (χ3v) is 2.84. The van der Waals surface area contributed by atoms with Gasteiger partial charge < -0.3 is 15.2 Å². The smallest absolute Gasteiger partial charge is 0.166 e. The van der Waals surface area contributed by atoms with E-state index >= 15 is 0 Å². The molecule has 0 aliphatic carbocycles. The predicted octanol–water partition coefficient (Wildman–Crippen LogP) is 3.02. The molecular formula is C14H23NO2. The second-order valence-electron chi connectivity index (χ2n) is 5.14. The molecule has 0 spiro atoms.